The molecule has 1 atom stereocenters. The smallest absolute Gasteiger partial charge is 0.304 e. The number of nitrogens with one attached hydrogen (secondary N) is 2. The van der Waals surface area contributed by atoms with E-state index in [1.165, 1.54) is 0 Å². The summed E-state index contributed by atoms with van der Waals surface area (Å²) in [6, 6.07) is -0.472. The van der Waals surface area contributed by atoms with Crippen LogP contribution in [0.4, 0.5) is 0 Å². The molecule has 14 heavy (non-hydrogen) atoms. The van der Waals surface area contributed by atoms with E-state index >= 15 is 0 Å². The Labute approximate surface area is 85.3 Å². The van der Waals surface area contributed by atoms with Gasteiger partial charge >= 0.3 is 4.87 Å². The summed E-state index contributed by atoms with van der Waals surface area (Å²) in [4.78, 5) is 24.5. The van der Waals surface area contributed by atoms with E-state index in [4.69, 9.17) is 5.73 Å². The van der Waals surface area contributed by atoms with Crippen molar-refractivity contribution in [2.24, 2.45) is 5.73 Å². The highest BCUT2D eigenvalue weighted by atomic mass is 32.1. The predicted molar refractivity (Wildman–Crippen MR) is 55.1 cm³/mol. The SMILES string of the molecule is CC[C@H](N)C(=O)NCc1csc(=O)[nH]1. The van der Waals surface area contributed by atoms with Crippen LogP contribution in [0.25, 0.3) is 0 Å². The van der Waals surface area contributed by atoms with Gasteiger partial charge in [-0.3, -0.25) is 9.59 Å². The number of aromatic nitrogens is 1. The highest BCUT2D eigenvalue weighted by molar-refractivity contribution is 7.07. The first-order valence-electron chi connectivity index (χ1n) is 4.33. The Balaban J connectivity index is 2.41. The Bertz CT molecular complexity index is 357. The predicted octanol–water partition coefficient (Wildman–Crippen LogP) is -0.210. The van der Waals surface area contributed by atoms with Crippen LogP contribution in [0.5, 0.6) is 0 Å². The van der Waals surface area contributed by atoms with Gasteiger partial charge in [0.15, 0.2) is 0 Å². The fourth-order valence-corrected chi connectivity index (χ4v) is 1.48. The van der Waals surface area contributed by atoms with Crippen molar-refractivity contribution in [3.63, 3.8) is 0 Å². The van der Waals surface area contributed by atoms with Crippen molar-refractivity contribution in [1.29, 1.82) is 0 Å². The van der Waals surface area contributed by atoms with Crippen LogP contribution in [0.2, 0.25) is 0 Å². The van der Waals surface area contributed by atoms with Crippen LogP contribution in [-0.4, -0.2) is 16.9 Å². The minimum atomic E-state index is -0.472. The lowest BCUT2D eigenvalue weighted by Crippen LogP contribution is -2.39. The van der Waals surface area contributed by atoms with Gasteiger partial charge in [0.05, 0.1) is 12.6 Å². The van der Waals surface area contributed by atoms with E-state index in [0.717, 1.165) is 11.3 Å². The van der Waals surface area contributed by atoms with Crippen molar-refractivity contribution in [3.8, 4) is 0 Å². The second-order valence-corrected chi connectivity index (χ2v) is 3.75. The highest BCUT2D eigenvalue weighted by Crippen LogP contribution is 1.95. The van der Waals surface area contributed by atoms with Gasteiger partial charge in [0, 0.05) is 11.1 Å². The van der Waals surface area contributed by atoms with Crippen LogP contribution in [0.3, 0.4) is 0 Å². The minimum absolute atomic E-state index is 0.117. The molecule has 1 aromatic rings. The zero-order valence-corrected chi connectivity index (χ0v) is 8.69. The normalized spacial score (nSPS) is 12.4. The number of hydrogen-bond donors (Lipinski definition) is 3. The van der Waals surface area contributed by atoms with E-state index in [9.17, 15) is 9.59 Å². The lowest BCUT2D eigenvalue weighted by Gasteiger charge is -2.08. The van der Waals surface area contributed by atoms with Crippen LogP contribution in [0, 0.1) is 0 Å². The van der Waals surface area contributed by atoms with Crippen molar-refractivity contribution in [1.82, 2.24) is 10.3 Å². The summed E-state index contributed by atoms with van der Waals surface area (Å²) in [5.41, 5.74) is 6.21. The van der Waals surface area contributed by atoms with E-state index in [1.54, 1.807) is 5.38 Å². The summed E-state index contributed by atoms with van der Waals surface area (Å²) in [5, 5.41) is 4.32. The molecule has 5 nitrogen and oxygen atoms in total. The second kappa shape index (κ2) is 4.92. The van der Waals surface area contributed by atoms with Crippen LogP contribution in [0.15, 0.2) is 10.2 Å². The largest absolute Gasteiger partial charge is 0.349 e. The number of carbonyl (C=O) groups excluding carboxylic acids is 1. The molecular formula is C8H13N3O2S. The van der Waals surface area contributed by atoms with Gasteiger partial charge in [-0.2, -0.15) is 0 Å². The van der Waals surface area contributed by atoms with Gasteiger partial charge in [0.25, 0.3) is 0 Å². The Morgan fingerprint density at radius 1 is 1.79 bits per heavy atom. The van der Waals surface area contributed by atoms with Gasteiger partial charge in [-0.05, 0) is 6.42 Å². The van der Waals surface area contributed by atoms with E-state index in [1.807, 2.05) is 6.92 Å². The zero-order valence-electron chi connectivity index (χ0n) is 7.87. The van der Waals surface area contributed by atoms with Crippen LogP contribution in [-0.2, 0) is 11.3 Å². The summed E-state index contributed by atoms with van der Waals surface area (Å²) < 4.78 is 0. The number of carbonyl (C=O) groups is 1. The van der Waals surface area contributed by atoms with Crippen LogP contribution < -0.4 is 15.9 Å². The quantitative estimate of drug-likeness (QED) is 0.649. The number of aromatic amines is 1. The first-order valence-corrected chi connectivity index (χ1v) is 5.21. The maximum absolute atomic E-state index is 11.2. The van der Waals surface area contributed by atoms with Crippen molar-refractivity contribution in [2.75, 3.05) is 0 Å². The van der Waals surface area contributed by atoms with Crippen molar-refractivity contribution in [2.45, 2.75) is 25.9 Å². The molecule has 0 radical (unpaired) electrons. The van der Waals surface area contributed by atoms with Crippen LogP contribution >= 0.6 is 11.3 Å². The van der Waals surface area contributed by atoms with Crippen LogP contribution in [0.1, 0.15) is 19.0 Å². The Kier molecular flexibility index (Phi) is 3.84. The number of thiazole rings is 1. The molecule has 1 rings (SSSR count). The Hall–Kier alpha value is -1.14. The zero-order chi connectivity index (χ0) is 10.6. The fourth-order valence-electron chi connectivity index (χ4n) is 0.899. The average Bonchev–Trinajstić information content (AvgIpc) is 2.59. The molecule has 6 heteroatoms. The molecule has 0 aliphatic rings. The summed E-state index contributed by atoms with van der Waals surface area (Å²) in [5.74, 6) is -0.195. The molecule has 0 saturated carbocycles. The van der Waals surface area contributed by atoms with E-state index in [2.05, 4.69) is 10.3 Å². The van der Waals surface area contributed by atoms with Gasteiger partial charge in [0.2, 0.25) is 5.91 Å². The van der Waals surface area contributed by atoms with Gasteiger partial charge in [-0.15, -0.1) is 0 Å². The number of H-pyrrole nitrogens is 1. The Morgan fingerprint density at radius 2 is 2.50 bits per heavy atom. The number of nitrogens with two attached hydrogens (primary N) is 1. The number of amides is 1. The molecule has 0 aromatic carbocycles. The molecular weight excluding hydrogens is 202 g/mol. The Morgan fingerprint density at radius 3 is 3.00 bits per heavy atom. The molecule has 0 fully saturated rings. The van der Waals surface area contributed by atoms with E-state index < -0.39 is 6.04 Å². The molecule has 78 valence electrons. The topological polar surface area (TPSA) is 88.0 Å². The molecule has 0 aliphatic carbocycles. The van der Waals surface area contributed by atoms with Gasteiger partial charge in [-0.25, -0.2) is 0 Å². The lowest BCUT2D eigenvalue weighted by atomic mass is 10.2. The molecule has 1 heterocycles. The lowest BCUT2D eigenvalue weighted by molar-refractivity contribution is -0.122. The first-order chi connectivity index (χ1) is 6.63. The van der Waals surface area contributed by atoms with Crippen molar-refractivity contribution >= 4 is 17.2 Å². The maximum Gasteiger partial charge on any atom is 0.304 e. The van der Waals surface area contributed by atoms with Gasteiger partial charge in [-0.1, -0.05) is 18.3 Å². The summed E-state index contributed by atoms with van der Waals surface area (Å²) in [6.45, 7) is 2.17. The standard InChI is InChI=1S/C8H13N3O2S/c1-2-6(9)7(12)10-3-5-4-14-8(13)11-5/h4,6H,2-3,9H2,1H3,(H,10,12)(H,11,13)/t6-/m0/s1. The molecule has 0 spiro atoms. The van der Waals surface area contributed by atoms with E-state index in [-0.39, 0.29) is 10.8 Å². The second-order valence-electron chi connectivity index (χ2n) is 2.91. The summed E-state index contributed by atoms with van der Waals surface area (Å²) in [7, 11) is 0. The fraction of sp³-hybridized carbons (Fsp3) is 0.500. The molecule has 0 bridgehead atoms. The summed E-state index contributed by atoms with van der Waals surface area (Å²) in [6.07, 6.45) is 0.603. The minimum Gasteiger partial charge on any atom is -0.349 e. The third kappa shape index (κ3) is 2.97. The molecule has 0 saturated heterocycles. The summed E-state index contributed by atoms with van der Waals surface area (Å²) >= 11 is 1.08. The maximum atomic E-state index is 11.2. The molecule has 4 N–H and O–H groups in total. The third-order valence-electron chi connectivity index (χ3n) is 1.80. The number of hydrogen-bond acceptors (Lipinski definition) is 4. The first kappa shape index (κ1) is 10.9. The number of rotatable bonds is 4. The highest BCUT2D eigenvalue weighted by Gasteiger charge is 2.10. The van der Waals surface area contributed by atoms with E-state index in [0.29, 0.717) is 18.7 Å². The van der Waals surface area contributed by atoms with Crippen molar-refractivity contribution in [3.05, 3.63) is 20.7 Å². The molecule has 0 unspecified atom stereocenters. The molecule has 0 aliphatic heterocycles. The third-order valence-corrected chi connectivity index (χ3v) is 2.52. The van der Waals surface area contributed by atoms with Crippen molar-refractivity contribution < 1.29 is 4.79 Å². The molecule has 1 aromatic heterocycles. The average molecular weight is 215 g/mol. The monoisotopic (exact) mass is 215 g/mol. The molecule has 1 amide bonds. The van der Waals surface area contributed by atoms with Gasteiger partial charge in [0.1, 0.15) is 0 Å². The van der Waals surface area contributed by atoms with Gasteiger partial charge < -0.3 is 16.0 Å².